The molecule has 0 aliphatic heterocycles. The lowest BCUT2D eigenvalue weighted by atomic mass is 10.1. The smallest absolute Gasteiger partial charge is 0.309 e. The Balaban J connectivity index is 1.53. The molecule has 5 heteroatoms. The van der Waals surface area contributed by atoms with Gasteiger partial charge in [-0.05, 0) is 43.5 Å². The van der Waals surface area contributed by atoms with Crippen LogP contribution in [0.1, 0.15) is 20.3 Å². The highest BCUT2D eigenvalue weighted by Gasteiger charge is 2.40. The molecule has 0 bridgehead atoms. The second-order valence-corrected chi connectivity index (χ2v) is 6.97. The van der Waals surface area contributed by atoms with Crippen molar-refractivity contribution in [1.82, 2.24) is 4.57 Å². The molecule has 5 nitrogen and oxygen atoms in total. The fourth-order valence-electron chi connectivity index (χ4n) is 3.56. The third-order valence-electron chi connectivity index (χ3n) is 5.13. The number of aromatic nitrogens is 1. The fourth-order valence-corrected chi connectivity index (χ4v) is 3.56. The zero-order valence-electron chi connectivity index (χ0n) is 15.0. The van der Waals surface area contributed by atoms with Crippen LogP contribution in [-0.2, 0) is 20.9 Å². The van der Waals surface area contributed by atoms with Gasteiger partial charge < -0.3 is 14.6 Å². The lowest BCUT2D eigenvalue weighted by molar-refractivity contribution is -0.148. The van der Waals surface area contributed by atoms with Crippen molar-refractivity contribution in [2.75, 3.05) is 11.9 Å². The molecule has 2 atom stereocenters. The molecule has 1 aliphatic carbocycles. The maximum absolute atomic E-state index is 12.1. The minimum Gasteiger partial charge on any atom is -0.455 e. The van der Waals surface area contributed by atoms with Gasteiger partial charge in [-0.1, -0.05) is 25.1 Å². The van der Waals surface area contributed by atoms with Gasteiger partial charge in [-0.3, -0.25) is 9.59 Å². The number of carbonyl (C=O) groups is 2. The molecule has 1 amide bonds. The zero-order chi connectivity index (χ0) is 18.3. The summed E-state index contributed by atoms with van der Waals surface area (Å²) in [5, 5.41) is 5.09. The van der Waals surface area contributed by atoms with E-state index < -0.39 is 0 Å². The predicted octanol–water partition coefficient (Wildman–Crippen LogP) is 3.95. The molecule has 1 N–H and O–H groups in total. The van der Waals surface area contributed by atoms with Gasteiger partial charge >= 0.3 is 5.97 Å². The van der Waals surface area contributed by atoms with Gasteiger partial charge in [0, 0.05) is 34.0 Å². The molecular formula is C21H22N2O3. The van der Waals surface area contributed by atoms with Gasteiger partial charge in [0.1, 0.15) is 0 Å². The van der Waals surface area contributed by atoms with E-state index in [0.717, 1.165) is 29.3 Å². The average molecular weight is 350 g/mol. The molecule has 134 valence electrons. The molecule has 2 aromatic carbocycles. The molecule has 1 aromatic heterocycles. The number of hydrogen-bond acceptors (Lipinski definition) is 3. The van der Waals surface area contributed by atoms with Crippen LogP contribution < -0.4 is 5.32 Å². The molecule has 4 rings (SSSR count). The van der Waals surface area contributed by atoms with Crippen LogP contribution >= 0.6 is 0 Å². The molecule has 1 heterocycles. The summed E-state index contributed by atoms with van der Waals surface area (Å²) in [6, 6.07) is 14.1. The van der Waals surface area contributed by atoms with Crippen molar-refractivity contribution in [3.8, 4) is 0 Å². The SMILES string of the molecule is CCn1c2ccccc2c2cc(NC(=O)COC(=O)[C@@H]3C[C@H]3C)ccc21. The van der Waals surface area contributed by atoms with Crippen molar-refractivity contribution in [3.63, 3.8) is 0 Å². The third kappa shape index (κ3) is 2.94. The number of nitrogens with one attached hydrogen (secondary N) is 1. The van der Waals surface area contributed by atoms with Crippen LogP contribution in [0, 0.1) is 11.8 Å². The second kappa shape index (κ2) is 6.48. The number of ether oxygens (including phenoxy) is 1. The van der Waals surface area contributed by atoms with Crippen LogP contribution in [0.2, 0.25) is 0 Å². The molecular weight excluding hydrogens is 328 g/mol. The van der Waals surface area contributed by atoms with Gasteiger partial charge in [0.2, 0.25) is 0 Å². The van der Waals surface area contributed by atoms with Gasteiger partial charge in [-0.25, -0.2) is 0 Å². The molecule has 1 fully saturated rings. The summed E-state index contributed by atoms with van der Waals surface area (Å²) in [6.07, 6.45) is 0.860. The quantitative estimate of drug-likeness (QED) is 0.709. The largest absolute Gasteiger partial charge is 0.455 e. The van der Waals surface area contributed by atoms with Crippen molar-refractivity contribution in [2.24, 2.45) is 11.8 Å². The summed E-state index contributed by atoms with van der Waals surface area (Å²) < 4.78 is 7.35. The maximum Gasteiger partial charge on any atom is 0.309 e. The van der Waals surface area contributed by atoms with E-state index in [2.05, 4.69) is 28.9 Å². The Kier molecular flexibility index (Phi) is 4.15. The van der Waals surface area contributed by atoms with Gasteiger partial charge in [-0.15, -0.1) is 0 Å². The molecule has 0 radical (unpaired) electrons. The Labute approximate surface area is 151 Å². The molecule has 1 aliphatic rings. The first kappa shape index (κ1) is 16.6. The highest BCUT2D eigenvalue weighted by molar-refractivity contribution is 6.09. The number of fused-ring (bicyclic) bond motifs is 3. The van der Waals surface area contributed by atoms with Crippen molar-refractivity contribution < 1.29 is 14.3 Å². The number of amides is 1. The number of aryl methyl sites for hydroxylation is 1. The second-order valence-electron chi connectivity index (χ2n) is 6.97. The summed E-state index contributed by atoms with van der Waals surface area (Å²) in [5.74, 6) is -0.234. The number of rotatable bonds is 5. The summed E-state index contributed by atoms with van der Waals surface area (Å²) >= 11 is 0. The predicted molar refractivity (Wildman–Crippen MR) is 102 cm³/mol. The lowest BCUT2D eigenvalue weighted by Gasteiger charge is -2.07. The Morgan fingerprint density at radius 3 is 2.62 bits per heavy atom. The first-order valence-electron chi connectivity index (χ1n) is 9.06. The minimum atomic E-state index is -0.315. The Morgan fingerprint density at radius 1 is 1.15 bits per heavy atom. The average Bonchev–Trinajstić information content (AvgIpc) is 3.30. The van der Waals surface area contributed by atoms with Gasteiger partial charge in [0.25, 0.3) is 5.91 Å². The number of benzene rings is 2. The van der Waals surface area contributed by atoms with Crippen LogP contribution in [0.3, 0.4) is 0 Å². The van der Waals surface area contributed by atoms with Crippen LogP contribution in [0.15, 0.2) is 42.5 Å². The number of para-hydroxylation sites is 1. The van der Waals surface area contributed by atoms with E-state index in [4.69, 9.17) is 4.74 Å². The topological polar surface area (TPSA) is 60.3 Å². The highest BCUT2D eigenvalue weighted by Crippen LogP contribution is 2.38. The Morgan fingerprint density at radius 2 is 1.88 bits per heavy atom. The first-order chi connectivity index (χ1) is 12.6. The van der Waals surface area contributed by atoms with Crippen LogP contribution in [0.25, 0.3) is 21.8 Å². The molecule has 0 saturated heterocycles. The molecule has 0 spiro atoms. The van der Waals surface area contributed by atoms with Gasteiger partial charge in [0.05, 0.1) is 5.92 Å². The van der Waals surface area contributed by atoms with Crippen LogP contribution in [0.5, 0.6) is 0 Å². The summed E-state index contributed by atoms with van der Waals surface area (Å²) in [6.45, 7) is 4.77. The van der Waals surface area contributed by atoms with E-state index in [-0.39, 0.29) is 24.4 Å². The van der Waals surface area contributed by atoms with E-state index in [0.29, 0.717) is 11.6 Å². The minimum absolute atomic E-state index is 0.0284. The molecule has 26 heavy (non-hydrogen) atoms. The van der Waals surface area contributed by atoms with E-state index in [9.17, 15) is 9.59 Å². The molecule has 1 saturated carbocycles. The number of esters is 1. The maximum atomic E-state index is 12.1. The van der Waals surface area contributed by atoms with Crippen molar-refractivity contribution in [1.29, 1.82) is 0 Å². The summed E-state index contributed by atoms with van der Waals surface area (Å²) in [7, 11) is 0. The third-order valence-corrected chi connectivity index (χ3v) is 5.13. The number of carbonyl (C=O) groups excluding carboxylic acids is 2. The van der Waals surface area contributed by atoms with Crippen molar-refractivity contribution in [2.45, 2.75) is 26.8 Å². The number of anilines is 1. The van der Waals surface area contributed by atoms with E-state index >= 15 is 0 Å². The van der Waals surface area contributed by atoms with Crippen molar-refractivity contribution >= 4 is 39.4 Å². The Bertz CT molecular complexity index is 1010. The molecule has 0 unspecified atom stereocenters. The first-order valence-corrected chi connectivity index (χ1v) is 9.06. The highest BCUT2D eigenvalue weighted by atomic mass is 16.5. The number of hydrogen-bond donors (Lipinski definition) is 1. The van der Waals surface area contributed by atoms with Crippen LogP contribution in [-0.4, -0.2) is 23.1 Å². The zero-order valence-corrected chi connectivity index (χ0v) is 15.0. The van der Waals surface area contributed by atoms with Crippen LogP contribution in [0.4, 0.5) is 5.69 Å². The van der Waals surface area contributed by atoms with Gasteiger partial charge in [0.15, 0.2) is 6.61 Å². The summed E-state index contributed by atoms with van der Waals surface area (Å²) in [5.41, 5.74) is 3.03. The van der Waals surface area contributed by atoms with E-state index in [1.54, 1.807) is 0 Å². The lowest BCUT2D eigenvalue weighted by Crippen LogP contribution is -2.21. The van der Waals surface area contributed by atoms with Crippen molar-refractivity contribution in [3.05, 3.63) is 42.5 Å². The molecule has 3 aromatic rings. The fraction of sp³-hybridized carbons (Fsp3) is 0.333. The normalized spacial score (nSPS) is 18.8. The summed E-state index contributed by atoms with van der Waals surface area (Å²) in [4.78, 5) is 23.8. The van der Waals surface area contributed by atoms with E-state index in [1.165, 1.54) is 5.52 Å². The monoisotopic (exact) mass is 350 g/mol. The Hall–Kier alpha value is -2.82. The van der Waals surface area contributed by atoms with E-state index in [1.807, 2.05) is 37.3 Å². The van der Waals surface area contributed by atoms with Gasteiger partial charge in [-0.2, -0.15) is 0 Å². The number of nitrogens with zero attached hydrogens (tertiary/aromatic N) is 1. The standard InChI is InChI=1S/C21H22N2O3/c1-3-23-18-7-5-4-6-15(18)17-11-14(8-9-19(17)23)22-20(24)12-26-21(25)16-10-13(16)2/h4-9,11,13,16H,3,10,12H2,1-2H3,(H,22,24)/t13-,16-/m1/s1.